The Morgan fingerprint density at radius 3 is 2.41 bits per heavy atom. The van der Waals surface area contributed by atoms with E-state index in [1.807, 2.05) is 0 Å². The molecule has 0 aromatic carbocycles. The Morgan fingerprint density at radius 2 is 2.06 bits per heavy atom. The number of nitrogens with zero attached hydrogens (tertiary/aromatic N) is 2. The van der Waals surface area contributed by atoms with E-state index in [-0.39, 0.29) is 12.3 Å². The van der Waals surface area contributed by atoms with Crippen LogP contribution in [0, 0.1) is 0 Å². The summed E-state index contributed by atoms with van der Waals surface area (Å²) in [5, 5.41) is 8.58. The van der Waals surface area contributed by atoms with Crippen molar-refractivity contribution in [2.75, 3.05) is 20.6 Å². The predicted molar refractivity (Wildman–Crippen MR) is 50.7 cm³/mol. The van der Waals surface area contributed by atoms with Gasteiger partial charge in [-0.15, -0.1) is 0 Å². The third-order valence-electron chi connectivity index (χ3n) is 1.91. The Kier molecular flexibility index (Phi) is 3.76. The molecule has 8 heteroatoms. The number of carboxylic acids is 1. The molecule has 1 aromatic rings. The molecular weight excluding hydrogens is 241 g/mol. The van der Waals surface area contributed by atoms with E-state index in [4.69, 9.17) is 5.11 Å². The van der Waals surface area contributed by atoms with Crippen molar-refractivity contribution in [2.24, 2.45) is 0 Å². The fourth-order valence-electron chi connectivity index (χ4n) is 1.13. The number of carbonyl (C=O) groups is 1. The minimum atomic E-state index is -4.83. The quantitative estimate of drug-likeness (QED) is 0.879. The molecule has 96 valence electrons. The van der Waals surface area contributed by atoms with E-state index >= 15 is 0 Å². The highest BCUT2D eigenvalue weighted by Crippen LogP contribution is 2.31. The first-order valence-corrected chi connectivity index (χ1v) is 4.66. The first kappa shape index (κ1) is 13.5. The summed E-state index contributed by atoms with van der Waals surface area (Å²) < 4.78 is 41.9. The third-order valence-corrected chi connectivity index (χ3v) is 1.91. The number of alkyl halides is 3. The van der Waals surface area contributed by atoms with Gasteiger partial charge in [0.1, 0.15) is 0 Å². The fraction of sp³-hybridized carbons (Fsp3) is 0.556. The molecule has 0 saturated carbocycles. The highest BCUT2D eigenvalue weighted by atomic mass is 19.4. The molecule has 0 aliphatic heterocycles. The van der Waals surface area contributed by atoms with Gasteiger partial charge in [0.2, 0.25) is 5.76 Å². The molecule has 5 nitrogen and oxygen atoms in total. The van der Waals surface area contributed by atoms with Crippen molar-refractivity contribution < 1.29 is 27.5 Å². The van der Waals surface area contributed by atoms with Crippen molar-refractivity contribution >= 4 is 5.97 Å². The molecule has 0 aliphatic rings. The zero-order valence-electron chi connectivity index (χ0n) is 9.21. The summed E-state index contributed by atoms with van der Waals surface area (Å²) in [6.45, 7) is 0.414. The molecule has 17 heavy (non-hydrogen) atoms. The average Bonchev–Trinajstić information content (AvgIpc) is 2.57. The van der Waals surface area contributed by atoms with Crippen LogP contribution in [0.5, 0.6) is 0 Å². The van der Waals surface area contributed by atoms with E-state index in [1.54, 1.807) is 19.0 Å². The molecular formula is C9H11F3N2O3. The van der Waals surface area contributed by atoms with Gasteiger partial charge >= 0.3 is 12.1 Å². The molecule has 1 N–H and O–H groups in total. The number of aromatic carboxylic acids is 1. The van der Waals surface area contributed by atoms with Gasteiger partial charge in [0, 0.05) is 13.0 Å². The SMILES string of the molecule is CN(C)CCc1nc(C(F)(F)F)c(C(=O)O)o1. The van der Waals surface area contributed by atoms with Crippen LogP contribution < -0.4 is 0 Å². The molecule has 0 bridgehead atoms. The first-order valence-electron chi connectivity index (χ1n) is 4.66. The largest absolute Gasteiger partial charge is 0.475 e. The van der Waals surface area contributed by atoms with Gasteiger partial charge in [-0.3, -0.25) is 0 Å². The second-order valence-electron chi connectivity index (χ2n) is 3.64. The number of likely N-dealkylation sites (N-methyl/N-ethyl adjacent to an activating group) is 1. The zero-order chi connectivity index (χ0) is 13.2. The number of rotatable bonds is 4. The summed E-state index contributed by atoms with van der Waals surface area (Å²) in [5.41, 5.74) is -1.49. The maximum absolute atomic E-state index is 12.4. The lowest BCUT2D eigenvalue weighted by Gasteiger charge is -2.05. The van der Waals surface area contributed by atoms with Gasteiger partial charge < -0.3 is 14.4 Å². The van der Waals surface area contributed by atoms with Crippen LogP contribution in [-0.4, -0.2) is 41.6 Å². The number of aromatic nitrogens is 1. The van der Waals surface area contributed by atoms with E-state index in [0.717, 1.165) is 0 Å². The standard InChI is InChI=1S/C9H11F3N2O3/c1-14(2)4-3-5-13-7(9(10,11)12)6(17-5)8(15)16/h3-4H2,1-2H3,(H,15,16). The molecule has 0 unspecified atom stereocenters. The van der Waals surface area contributed by atoms with E-state index in [2.05, 4.69) is 9.40 Å². The number of hydrogen-bond donors (Lipinski definition) is 1. The second kappa shape index (κ2) is 4.74. The van der Waals surface area contributed by atoms with E-state index < -0.39 is 23.6 Å². The topological polar surface area (TPSA) is 66.6 Å². The molecule has 0 saturated heterocycles. The van der Waals surface area contributed by atoms with Gasteiger partial charge in [0.25, 0.3) is 0 Å². The monoisotopic (exact) mass is 252 g/mol. The maximum atomic E-state index is 12.4. The molecule has 0 spiro atoms. The molecule has 0 atom stereocenters. The lowest BCUT2D eigenvalue weighted by molar-refractivity contribution is -0.141. The van der Waals surface area contributed by atoms with Gasteiger partial charge in [-0.25, -0.2) is 9.78 Å². The van der Waals surface area contributed by atoms with Crippen LogP contribution in [0.25, 0.3) is 0 Å². The summed E-state index contributed by atoms with van der Waals surface area (Å²) in [4.78, 5) is 15.5. The van der Waals surface area contributed by atoms with Crippen LogP contribution in [0.2, 0.25) is 0 Å². The molecule has 0 amide bonds. The zero-order valence-corrected chi connectivity index (χ0v) is 9.21. The molecule has 0 aliphatic carbocycles. The Labute approximate surface area is 94.8 Å². The van der Waals surface area contributed by atoms with Gasteiger partial charge in [0.05, 0.1) is 0 Å². The smallest absolute Gasteiger partial charge is 0.437 e. The summed E-state index contributed by atoms with van der Waals surface area (Å²) in [5.74, 6) is -3.17. The number of hydrogen-bond acceptors (Lipinski definition) is 4. The molecule has 0 radical (unpaired) electrons. The van der Waals surface area contributed by atoms with Crippen LogP contribution in [0.3, 0.4) is 0 Å². The number of halogens is 3. The van der Waals surface area contributed by atoms with E-state index in [9.17, 15) is 18.0 Å². The molecule has 1 rings (SSSR count). The molecule has 1 aromatic heterocycles. The maximum Gasteiger partial charge on any atom is 0.437 e. The Morgan fingerprint density at radius 1 is 1.47 bits per heavy atom. The van der Waals surface area contributed by atoms with Crippen molar-refractivity contribution in [1.29, 1.82) is 0 Å². The highest BCUT2D eigenvalue weighted by molar-refractivity contribution is 5.85. The minimum absolute atomic E-state index is 0.114. The lowest BCUT2D eigenvalue weighted by atomic mass is 10.3. The minimum Gasteiger partial charge on any atom is -0.475 e. The predicted octanol–water partition coefficient (Wildman–Crippen LogP) is 1.50. The van der Waals surface area contributed by atoms with Crippen molar-refractivity contribution in [3.8, 4) is 0 Å². The average molecular weight is 252 g/mol. The van der Waals surface area contributed by atoms with Gasteiger partial charge in [-0.1, -0.05) is 0 Å². The highest BCUT2D eigenvalue weighted by Gasteiger charge is 2.41. The van der Waals surface area contributed by atoms with Gasteiger partial charge in [0.15, 0.2) is 11.6 Å². The van der Waals surface area contributed by atoms with Crippen LogP contribution in [0.1, 0.15) is 22.1 Å². The summed E-state index contributed by atoms with van der Waals surface area (Å²) in [6, 6.07) is 0. The van der Waals surface area contributed by atoms with Crippen molar-refractivity contribution in [3.05, 3.63) is 17.3 Å². The van der Waals surface area contributed by atoms with Crippen molar-refractivity contribution in [3.63, 3.8) is 0 Å². The van der Waals surface area contributed by atoms with Crippen molar-refractivity contribution in [1.82, 2.24) is 9.88 Å². The third kappa shape index (κ3) is 3.45. The molecule has 0 fully saturated rings. The number of carboxylic acid groups (broad SMARTS) is 1. The van der Waals surface area contributed by atoms with Gasteiger partial charge in [-0.05, 0) is 14.1 Å². The second-order valence-corrected chi connectivity index (χ2v) is 3.64. The van der Waals surface area contributed by atoms with Crippen LogP contribution in [-0.2, 0) is 12.6 Å². The summed E-state index contributed by atoms with van der Waals surface area (Å²) >= 11 is 0. The first-order chi connectivity index (χ1) is 7.71. The molecule has 1 heterocycles. The Balaban J connectivity index is 3.01. The summed E-state index contributed by atoms with van der Waals surface area (Å²) in [6.07, 6.45) is -4.71. The van der Waals surface area contributed by atoms with Gasteiger partial charge in [-0.2, -0.15) is 13.2 Å². The lowest BCUT2D eigenvalue weighted by Crippen LogP contribution is -2.15. The van der Waals surface area contributed by atoms with Crippen LogP contribution >= 0.6 is 0 Å². The normalized spacial score (nSPS) is 12.1. The Bertz CT molecular complexity index is 412. The van der Waals surface area contributed by atoms with Crippen molar-refractivity contribution in [2.45, 2.75) is 12.6 Å². The number of oxazole rings is 1. The fourth-order valence-corrected chi connectivity index (χ4v) is 1.13. The Hall–Kier alpha value is -1.57. The van der Waals surface area contributed by atoms with Crippen LogP contribution in [0.4, 0.5) is 13.2 Å². The summed E-state index contributed by atoms with van der Waals surface area (Å²) in [7, 11) is 3.46. The van der Waals surface area contributed by atoms with E-state index in [1.165, 1.54) is 0 Å². The van der Waals surface area contributed by atoms with E-state index in [0.29, 0.717) is 6.54 Å². The van der Waals surface area contributed by atoms with Crippen LogP contribution in [0.15, 0.2) is 4.42 Å².